The first kappa shape index (κ1) is 11.0. The second kappa shape index (κ2) is 3.96. The van der Waals surface area contributed by atoms with Gasteiger partial charge in [0.25, 0.3) is 5.91 Å². The van der Waals surface area contributed by atoms with Crippen molar-refractivity contribution in [1.82, 2.24) is 5.32 Å². The molecule has 0 radical (unpaired) electrons. The standard InChI is InChI=1S/C9H15NO4/c1-9(2,5-11)7-8(13)10-4-3-6(12)14-7/h7,11H,3-5H2,1-2H3,(H,10,13)/t7-/m0/s1. The van der Waals surface area contributed by atoms with E-state index >= 15 is 0 Å². The van der Waals surface area contributed by atoms with Gasteiger partial charge >= 0.3 is 5.97 Å². The third-order valence-electron chi connectivity index (χ3n) is 2.23. The van der Waals surface area contributed by atoms with Crippen LogP contribution in [-0.2, 0) is 14.3 Å². The number of amides is 1. The van der Waals surface area contributed by atoms with Crippen LogP contribution < -0.4 is 5.32 Å². The van der Waals surface area contributed by atoms with Gasteiger partial charge in [-0.2, -0.15) is 0 Å². The zero-order chi connectivity index (χ0) is 10.8. The smallest absolute Gasteiger partial charge is 0.308 e. The molecule has 1 atom stereocenters. The number of rotatable bonds is 2. The van der Waals surface area contributed by atoms with E-state index in [9.17, 15) is 9.59 Å². The molecule has 5 heteroatoms. The van der Waals surface area contributed by atoms with Crippen molar-refractivity contribution >= 4 is 11.9 Å². The summed E-state index contributed by atoms with van der Waals surface area (Å²) in [5, 5.41) is 11.6. The first-order valence-electron chi connectivity index (χ1n) is 4.55. The van der Waals surface area contributed by atoms with Gasteiger partial charge in [-0.25, -0.2) is 0 Å². The van der Waals surface area contributed by atoms with Crippen molar-refractivity contribution in [2.75, 3.05) is 13.2 Å². The molecule has 0 aromatic rings. The van der Waals surface area contributed by atoms with Gasteiger partial charge in [-0.1, -0.05) is 13.8 Å². The predicted molar refractivity (Wildman–Crippen MR) is 48.4 cm³/mol. The lowest BCUT2D eigenvalue weighted by atomic mass is 9.87. The fourth-order valence-corrected chi connectivity index (χ4v) is 1.22. The number of carbonyl (C=O) groups excluding carboxylic acids is 2. The second-order valence-corrected chi connectivity index (χ2v) is 4.06. The zero-order valence-corrected chi connectivity index (χ0v) is 8.37. The van der Waals surface area contributed by atoms with E-state index in [4.69, 9.17) is 9.84 Å². The van der Waals surface area contributed by atoms with Crippen LogP contribution in [0.2, 0.25) is 0 Å². The lowest BCUT2D eigenvalue weighted by Gasteiger charge is -2.29. The molecule has 0 aliphatic carbocycles. The Morgan fingerprint density at radius 2 is 2.21 bits per heavy atom. The van der Waals surface area contributed by atoms with Crippen molar-refractivity contribution in [2.24, 2.45) is 5.41 Å². The average molecular weight is 201 g/mol. The van der Waals surface area contributed by atoms with Gasteiger partial charge in [0, 0.05) is 12.0 Å². The van der Waals surface area contributed by atoms with Gasteiger partial charge in [0.15, 0.2) is 6.10 Å². The molecule has 1 aliphatic rings. The van der Waals surface area contributed by atoms with Crippen LogP contribution in [0.25, 0.3) is 0 Å². The molecule has 1 amide bonds. The first-order valence-corrected chi connectivity index (χ1v) is 4.55. The lowest BCUT2D eigenvalue weighted by Crippen LogP contribution is -2.46. The Kier molecular flexibility index (Phi) is 3.10. The van der Waals surface area contributed by atoms with Crippen molar-refractivity contribution in [3.8, 4) is 0 Å². The fraction of sp³-hybridized carbons (Fsp3) is 0.778. The van der Waals surface area contributed by atoms with E-state index in [-0.39, 0.29) is 18.9 Å². The van der Waals surface area contributed by atoms with E-state index in [0.717, 1.165) is 0 Å². The third-order valence-corrected chi connectivity index (χ3v) is 2.23. The number of cyclic esters (lactones) is 1. The highest BCUT2D eigenvalue weighted by Gasteiger charge is 2.39. The number of nitrogens with one attached hydrogen (secondary N) is 1. The van der Waals surface area contributed by atoms with Crippen LogP contribution in [0, 0.1) is 5.41 Å². The molecule has 0 aromatic carbocycles. The van der Waals surface area contributed by atoms with E-state index in [1.165, 1.54) is 0 Å². The molecule has 1 heterocycles. The fourth-order valence-electron chi connectivity index (χ4n) is 1.22. The Labute approximate surface area is 82.4 Å². The minimum atomic E-state index is -0.900. The van der Waals surface area contributed by atoms with Gasteiger partial charge in [-0.05, 0) is 0 Å². The number of ether oxygens (including phenoxy) is 1. The normalized spacial score (nSPS) is 23.8. The van der Waals surface area contributed by atoms with Crippen LogP contribution in [0.4, 0.5) is 0 Å². The van der Waals surface area contributed by atoms with Crippen molar-refractivity contribution in [3.63, 3.8) is 0 Å². The molecule has 80 valence electrons. The maximum Gasteiger partial charge on any atom is 0.308 e. The summed E-state index contributed by atoms with van der Waals surface area (Å²) in [6.45, 7) is 3.44. The molecule has 0 aromatic heterocycles. The molecule has 14 heavy (non-hydrogen) atoms. The minimum absolute atomic E-state index is 0.184. The van der Waals surface area contributed by atoms with Crippen LogP contribution >= 0.6 is 0 Å². The zero-order valence-electron chi connectivity index (χ0n) is 8.37. The average Bonchev–Trinajstić information content (AvgIpc) is 2.28. The van der Waals surface area contributed by atoms with Crippen molar-refractivity contribution in [2.45, 2.75) is 26.4 Å². The predicted octanol–water partition coefficient (Wildman–Crippen LogP) is -0.563. The molecule has 1 rings (SSSR count). The van der Waals surface area contributed by atoms with Crippen molar-refractivity contribution in [1.29, 1.82) is 0 Å². The summed E-state index contributed by atoms with van der Waals surface area (Å²) in [6, 6.07) is 0. The number of esters is 1. The molecular weight excluding hydrogens is 186 g/mol. The topological polar surface area (TPSA) is 75.6 Å². The molecule has 1 fully saturated rings. The number of carbonyl (C=O) groups is 2. The van der Waals surface area contributed by atoms with E-state index in [1.807, 2.05) is 0 Å². The van der Waals surface area contributed by atoms with E-state index in [1.54, 1.807) is 13.8 Å². The van der Waals surface area contributed by atoms with Crippen LogP contribution in [-0.4, -0.2) is 36.2 Å². The highest BCUT2D eigenvalue weighted by Crippen LogP contribution is 2.24. The maximum absolute atomic E-state index is 11.5. The summed E-state index contributed by atoms with van der Waals surface area (Å²) in [5.41, 5.74) is -0.746. The Bertz CT molecular complexity index is 249. The highest BCUT2D eigenvalue weighted by atomic mass is 16.5. The number of aliphatic hydroxyl groups is 1. The van der Waals surface area contributed by atoms with Gasteiger partial charge in [-0.3, -0.25) is 9.59 Å². The molecule has 0 bridgehead atoms. The number of aliphatic hydroxyl groups excluding tert-OH is 1. The Morgan fingerprint density at radius 3 is 2.79 bits per heavy atom. The summed E-state index contributed by atoms with van der Waals surface area (Å²) in [4.78, 5) is 22.6. The second-order valence-electron chi connectivity index (χ2n) is 4.06. The Balaban J connectivity index is 2.82. The Hall–Kier alpha value is -1.10. The molecule has 1 aliphatic heterocycles. The van der Waals surface area contributed by atoms with Crippen LogP contribution in [0.1, 0.15) is 20.3 Å². The first-order chi connectivity index (χ1) is 6.47. The van der Waals surface area contributed by atoms with E-state index in [2.05, 4.69) is 5.32 Å². The van der Waals surface area contributed by atoms with Gasteiger partial charge in [-0.15, -0.1) is 0 Å². The SMILES string of the molecule is CC(C)(CO)[C@H]1OC(=O)CCNC1=O. The molecule has 5 nitrogen and oxygen atoms in total. The van der Waals surface area contributed by atoms with Crippen LogP contribution in [0.5, 0.6) is 0 Å². The maximum atomic E-state index is 11.5. The summed E-state index contributed by atoms with van der Waals surface area (Å²) in [5.74, 6) is -0.746. The largest absolute Gasteiger partial charge is 0.452 e. The number of hydrogen-bond acceptors (Lipinski definition) is 4. The van der Waals surface area contributed by atoms with Gasteiger partial charge in [0.1, 0.15) is 0 Å². The van der Waals surface area contributed by atoms with E-state index in [0.29, 0.717) is 6.54 Å². The summed E-state index contributed by atoms with van der Waals surface area (Å²) >= 11 is 0. The summed E-state index contributed by atoms with van der Waals surface area (Å²) in [7, 11) is 0. The number of hydrogen-bond donors (Lipinski definition) is 2. The van der Waals surface area contributed by atoms with E-state index < -0.39 is 17.5 Å². The molecule has 1 saturated heterocycles. The van der Waals surface area contributed by atoms with Gasteiger partial charge < -0.3 is 15.2 Å². The lowest BCUT2D eigenvalue weighted by molar-refractivity contribution is -0.162. The summed E-state index contributed by atoms with van der Waals surface area (Å²) in [6.07, 6.45) is -0.716. The van der Waals surface area contributed by atoms with Crippen molar-refractivity contribution < 1.29 is 19.4 Å². The third kappa shape index (κ3) is 2.23. The Morgan fingerprint density at radius 1 is 1.57 bits per heavy atom. The molecule has 2 N–H and O–H groups in total. The summed E-state index contributed by atoms with van der Waals surface area (Å²) < 4.78 is 4.97. The van der Waals surface area contributed by atoms with Crippen LogP contribution in [0.15, 0.2) is 0 Å². The molecule has 0 saturated carbocycles. The van der Waals surface area contributed by atoms with Crippen molar-refractivity contribution in [3.05, 3.63) is 0 Å². The monoisotopic (exact) mass is 201 g/mol. The van der Waals surface area contributed by atoms with Crippen LogP contribution in [0.3, 0.4) is 0 Å². The molecular formula is C9H15NO4. The minimum Gasteiger partial charge on any atom is -0.452 e. The molecule has 0 spiro atoms. The molecule has 0 unspecified atom stereocenters. The van der Waals surface area contributed by atoms with Gasteiger partial charge in [0.05, 0.1) is 13.0 Å². The van der Waals surface area contributed by atoms with Gasteiger partial charge in [0.2, 0.25) is 0 Å². The quantitative estimate of drug-likeness (QED) is 0.587. The highest BCUT2D eigenvalue weighted by molar-refractivity contribution is 5.86.